The van der Waals surface area contributed by atoms with Gasteiger partial charge in [-0.15, -0.1) is 0 Å². The second-order valence-corrected chi connectivity index (χ2v) is 15.4. The molecule has 1 saturated carbocycles. The predicted molar refractivity (Wildman–Crippen MR) is 159 cm³/mol. The van der Waals surface area contributed by atoms with E-state index in [0.29, 0.717) is 22.6 Å². The van der Waals surface area contributed by atoms with Gasteiger partial charge >= 0.3 is 0 Å². The summed E-state index contributed by atoms with van der Waals surface area (Å²) in [5.41, 5.74) is 1.37. The van der Waals surface area contributed by atoms with Gasteiger partial charge < -0.3 is 10.2 Å². The zero-order chi connectivity index (χ0) is 29.4. The standard InChI is InChI=1S/C30H35ClN6O3S/c1-28(2,3)23-12-10-20-26(34-23)37-17-30(16-29(37,4)5)14-18(30)13-22(21-11-9-19(31)15-32-21)33-24-7-6-8-25(35-24)41(39,40)36-27(20)38/h6-12,15,18,22H,13-14,16-17H2,1-5H3,(H,33,35)(H,36,38). The number of halogens is 1. The van der Waals surface area contributed by atoms with Gasteiger partial charge in [-0.2, -0.15) is 8.42 Å². The summed E-state index contributed by atoms with van der Waals surface area (Å²) < 4.78 is 29.1. The highest BCUT2D eigenvalue weighted by Gasteiger charge is 2.63. The quantitative estimate of drug-likeness (QED) is 0.380. The molecular formula is C30H35ClN6O3S. The Kier molecular flexibility index (Phi) is 6.39. The number of nitrogens with one attached hydrogen (secondary N) is 2. The third-order valence-corrected chi connectivity index (χ3v) is 10.1. The lowest BCUT2D eigenvalue weighted by molar-refractivity contribution is 0.0981. The van der Waals surface area contributed by atoms with Gasteiger partial charge in [0.15, 0.2) is 5.03 Å². The third kappa shape index (κ3) is 5.16. The second-order valence-electron chi connectivity index (χ2n) is 13.3. The minimum Gasteiger partial charge on any atom is -0.362 e. The molecule has 5 heterocycles. The van der Waals surface area contributed by atoms with Crippen LogP contribution in [0.5, 0.6) is 0 Å². The highest BCUT2D eigenvalue weighted by molar-refractivity contribution is 7.90. The summed E-state index contributed by atoms with van der Waals surface area (Å²) in [4.78, 5) is 29.8. The number of amides is 1. The van der Waals surface area contributed by atoms with Gasteiger partial charge in [0.25, 0.3) is 15.9 Å². The van der Waals surface area contributed by atoms with Crippen LogP contribution in [0.1, 0.15) is 81.7 Å². The average Bonchev–Trinajstić information content (AvgIpc) is 3.46. The molecule has 2 aliphatic heterocycles. The summed E-state index contributed by atoms with van der Waals surface area (Å²) >= 11 is 6.13. The second kappa shape index (κ2) is 9.39. The molecule has 2 N–H and O–H groups in total. The Morgan fingerprint density at radius 1 is 1.07 bits per heavy atom. The summed E-state index contributed by atoms with van der Waals surface area (Å²) in [6.07, 6.45) is 4.38. The lowest BCUT2D eigenvalue weighted by Crippen LogP contribution is -2.41. The zero-order valence-electron chi connectivity index (χ0n) is 23.9. The van der Waals surface area contributed by atoms with Crippen LogP contribution in [0.3, 0.4) is 0 Å². The monoisotopic (exact) mass is 594 g/mol. The van der Waals surface area contributed by atoms with Crippen LogP contribution in [-0.4, -0.2) is 41.4 Å². The van der Waals surface area contributed by atoms with Gasteiger partial charge in [-0.1, -0.05) is 38.4 Å². The van der Waals surface area contributed by atoms with E-state index in [1.807, 2.05) is 18.2 Å². The number of aromatic nitrogens is 3. The van der Waals surface area contributed by atoms with Crippen LogP contribution < -0.4 is 14.9 Å². The Morgan fingerprint density at radius 2 is 1.85 bits per heavy atom. The zero-order valence-corrected chi connectivity index (χ0v) is 25.5. The Balaban J connectivity index is 1.49. The molecule has 11 heteroatoms. The largest absolute Gasteiger partial charge is 0.362 e. The Bertz CT molecular complexity index is 1640. The summed E-state index contributed by atoms with van der Waals surface area (Å²) in [6, 6.07) is 11.7. The topological polar surface area (TPSA) is 117 Å². The van der Waals surface area contributed by atoms with Crippen molar-refractivity contribution in [2.45, 2.75) is 75.9 Å². The fourth-order valence-electron chi connectivity index (χ4n) is 6.51. The van der Waals surface area contributed by atoms with Gasteiger partial charge in [0.05, 0.1) is 22.3 Å². The van der Waals surface area contributed by atoms with Crippen molar-refractivity contribution in [3.05, 3.63) is 70.6 Å². The molecular weight excluding hydrogens is 560 g/mol. The van der Waals surface area contributed by atoms with E-state index in [0.717, 1.165) is 37.2 Å². The van der Waals surface area contributed by atoms with E-state index in [2.05, 4.69) is 59.5 Å². The number of pyridine rings is 3. The van der Waals surface area contributed by atoms with Gasteiger partial charge in [0.1, 0.15) is 11.6 Å². The van der Waals surface area contributed by atoms with Crippen molar-refractivity contribution < 1.29 is 13.2 Å². The Labute approximate surface area is 246 Å². The fraction of sp³-hybridized carbons (Fsp3) is 0.467. The molecule has 3 aromatic heterocycles. The van der Waals surface area contributed by atoms with Crippen molar-refractivity contribution in [3.8, 4) is 0 Å². The molecule has 1 aliphatic carbocycles. The maximum absolute atomic E-state index is 13.6. The molecule has 41 heavy (non-hydrogen) atoms. The van der Waals surface area contributed by atoms with Crippen LogP contribution in [0.4, 0.5) is 11.6 Å². The number of hydrogen-bond acceptors (Lipinski definition) is 8. The molecule has 1 spiro atoms. The summed E-state index contributed by atoms with van der Waals surface area (Å²) in [5.74, 6) is 0.567. The molecule has 216 valence electrons. The van der Waals surface area contributed by atoms with Gasteiger partial charge in [-0.25, -0.2) is 14.7 Å². The Morgan fingerprint density at radius 3 is 2.56 bits per heavy atom. The number of carbonyl (C=O) groups is 1. The van der Waals surface area contributed by atoms with Crippen LogP contribution in [0.15, 0.2) is 53.7 Å². The first kappa shape index (κ1) is 27.9. The first-order chi connectivity index (χ1) is 19.2. The van der Waals surface area contributed by atoms with Crippen molar-refractivity contribution >= 4 is 39.2 Å². The normalized spacial score (nSPS) is 26.5. The van der Waals surface area contributed by atoms with E-state index < -0.39 is 15.9 Å². The number of sulfonamides is 1. The minimum absolute atomic E-state index is 0.0462. The highest BCUT2D eigenvalue weighted by Crippen LogP contribution is 2.65. The molecule has 3 atom stereocenters. The van der Waals surface area contributed by atoms with Crippen LogP contribution in [-0.2, 0) is 15.4 Å². The maximum Gasteiger partial charge on any atom is 0.281 e. The Hall–Kier alpha value is -3.24. The van der Waals surface area contributed by atoms with Gasteiger partial charge in [0, 0.05) is 29.4 Å². The molecule has 0 aromatic carbocycles. The molecule has 4 bridgehead atoms. The predicted octanol–water partition coefficient (Wildman–Crippen LogP) is 5.49. The number of hydrogen-bond donors (Lipinski definition) is 2. The SMILES string of the molecule is CC(C)(C)c1ccc2c(n1)N1CC3(CC3CC(c3ccc(Cl)cn3)Nc3cccc(n3)S(=O)(=O)NC2=O)CC1(C)C. The van der Waals surface area contributed by atoms with Crippen molar-refractivity contribution in [2.75, 3.05) is 16.8 Å². The summed E-state index contributed by atoms with van der Waals surface area (Å²) in [5, 5.41) is 3.72. The van der Waals surface area contributed by atoms with Crippen molar-refractivity contribution in [3.63, 3.8) is 0 Å². The van der Waals surface area contributed by atoms with Crippen molar-refractivity contribution in [1.29, 1.82) is 0 Å². The van der Waals surface area contributed by atoms with Gasteiger partial charge in [0.2, 0.25) is 0 Å². The summed E-state index contributed by atoms with van der Waals surface area (Å²) in [7, 11) is -4.27. The molecule has 3 unspecified atom stereocenters. The lowest BCUT2D eigenvalue weighted by Gasteiger charge is -2.34. The van der Waals surface area contributed by atoms with Crippen LogP contribution in [0.25, 0.3) is 0 Å². The van der Waals surface area contributed by atoms with Crippen LogP contribution in [0, 0.1) is 11.3 Å². The number of rotatable bonds is 1. The van der Waals surface area contributed by atoms with Gasteiger partial charge in [-0.3, -0.25) is 9.78 Å². The maximum atomic E-state index is 13.6. The average molecular weight is 595 g/mol. The summed E-state index contributed by atoms with van der Waals surface area (Å²) in [6.45, 7) is 11.3. The molecule has 2 fully saturated rings. The molecule has 1 amide bonds. The molecule has 3 aromatic rings. The van der Waals surface area contributed by atoms with E-state index in [-0.39, 0.29) is 33.0 Å². The van der Waals surface area contributed by atoms with Crippen molar-refractivity contribution in [2.24, 2.45) is 11.3 Å². The molecule has 1 saturated heterocycles. The smallest absolute Gasteiger partial charge is 0.281 e. The van der Waals surface area contributed by atoms with E-state index >= 15 is 0 Å². The number of fused-ring (bicyclic) bond motifs is 5. The van der Waals surface area contributed by atoms with E-state index in [4.69, 9.17) is 16.6 Å². The van der Waals surface area contributed by atoms with Crippen LogP contribution in [0.2, 0.25) is 5.02 Å². The van der Waals surface area contributed by atoms with Gasteiger partial charge in [-0.05, 0) is 80.8 Å². The number of nitrogens with zero attached hydrogens (tertiary/aromatic N) is 4. The fourth-order valence-corrected chi connectivity index (χ4v) is 7.56. The molecule has 6 rings (SSSR count). The molecule has 9 nitrogen and oxygen atoms in total. The molecule has 3 aliphatic rings. The lowest BCUT2D eigenvalue weighted by atomic mass is 9.90. The van der Waals surface area contributed by atoms with Crippen LogP contribution >= 0.6 is 11.6 Å². The molecule has 0 radical (unpaired) electrons. The number of carbonyl (C=O) groups excluding carboxylic acids is 1. The first-order valence-corrected chi connectivity index (χ1v) is 15.7. The van der Waals surface area contributed by atoms with Crippen molar-refractivity contribution in [1.82, 2.24) is 19.7 Å². The highest BCUT2D eigenvalue weighted by atomic mass is 35.5. The van der Waals surface area contributed by atoms with E-state index in [9.17, 15) is 13.2 Å². The number of anilines is 2. The van der Waals surface area contributed by atoms with E-state index in [1.165, 1.54) is 6.07 Å². The van der Waals surface area contributed by atoms with E-state index in [1.54, 1.807) is 24.4 Å². The minimum atomic E-state index is -4.27. The first-order valence-electron chi connectivity index (χ1n) is 13.9. The third-order valence-electron chi connectivity index (χ3n) is 8.67.